The van der Waals surface area contributed by atoms with Gasteiger partial charge in [-0.15, -0.1) is 11.8 Å². The van der Waals surface area contributed by atoms with Gasteiger partial charge in [0.1, 0.15) is 5.82 Å². The number of nitrogens with two attached hydrogens (primary N) is 1. The summed E-state index contributed by atoms with van der Waals surface area (Å²) in [4.78, 5) is 10.3. The molecule has 3 nitrogen and oxygen atoms in total. The summed E-state index contributed by atoms with van der Waals surface area (Å²) in [7, 11) is 0. The molecular formula is C15H18ClN3S. The Morgan fingerprint density at radius 2 is 1.90 bits per heavy atom. The third-order valence-electron chi connectivity index (χ3n) is 3.03. The maximum absolute atomic E-state index is 5.98. The lowest BCUT2D eigenvalue weighted by Gasteiger charge is -2.10. The Hall–Kier alpha value is -1.10. The number of rotatable bonds is 5. The molecule has 2 N–H and O–H groups in total. The van der Waals surface area contributed by atoms with Crippen LogP contribution in [0, 0.1) is 13.8 Å². The summed E-state index contributed by atoms with van der Waals surface area (Å²) in [6.45, 7) is 4.67. The molecule has 0 atom stereocenters. The zero-order valence-electron chi connectivity index (χ0n) is 11.7. The smallest absolute Gasteiger partial charge is 0.139 e. The summed E-state index contributed by atoms with van der Waals surface area (Å²) in [5.74, 6) is 1.59. The normalized spacial score (nSPS) is 10.8. The minimum absolute atomic E-state index is 0.627. The van der Waals surface area contributed by atoms with E-state index in [9.17, 15) is 0 Å². The lowest BCUT2D eigenvalue weighted by molar-refractivity contribution is 0.868. The fourth-order valence-corrected chi connectivity index (χ4v) is 3.15. The molecule has 0 aliphatic heterocycles. The van der Waals surface area contributed by atoms with Gasteiger partial charge in [-0.3, -0.25) is 0 Å². The average molecular weight is 308 g/mol. The highest BCUT2D eigenvalue weighted by atomic mass is 35.5. The second-order valence-corrected chi connectivity index (χ2v) is 6.06. The monoisotopic (exact) mass is 307 g/mol. The van der Waals surface area contributed by atoms with Crippen LogP contribution in [0.3, 0.4) is 0 Å². The molecule has 0 spiro atoms. The molecule has 0 saturated heterocycles. The summed E-state index contributed by atoms with van der Waals surface area (Å²) in [5, 5.41) is 0.751. The molecule has 5 heteroatoms. The first-order chi connectivity index (χ1) is 9.60. The van der Waals surface area contributed by atoms with Gasteiger partial charge in [0.15, 0.2) is 0 Å². The van der Waals surface area contributed by atoms with Crippen LogP contribution in [0.25, 0.3) is 0 Å². The van der Waals surface area contributed by atoms with Gasteiger partial charge < -0.3 is 5.73 Å². The van der Waals surface area contributed by atoms with Crippen LogP contribution in [0.1, 0.15) is 22.8 Å². The van der Waals surface area contributed by atoms with Crippen LogP contribution in [0.2, 0.25) is 5.02 Å². The van der Waals surface area contributed by atoms with Gasteiger partial charge in [0, 0.05) is 21.3 Å². The molecule has 0 radical (unpaired) electrons. The number of hydrogen-bond donors (Lipinski definition) is 1. The number of benzene rings is 1. The van der Waals surface area contributed by atoms with E-state index in [0.29, 0.717) is 6.54 Å². The largest absolute Gasteiger partial charge is 0.330 e. The molecule has 0 fully saturated rings. The first kappa shape index (κ1) is 15.3. The number of halogens is 1. The van der Waals surface area contributed by atoms with Crippen LogP contribution in [0.15, 0.2) is 29.2 Å². The van der Waals surface area contributed by atoms with E-state index in [1.165, 1.54) is 5.56 Å². The minimum atomic E-state index is 0.627. The van der Waals surface area contributed by atoms with Crippen molar-refractivity contribution in [1.82, 2.24) is 9.97 Å². The molecule has 0 aliphatic rings. The maximum Gasteiger partial charge on any atom is 0.139 e. The van der Waals surface area contributed by atoms with Gasteiger partial charge in [-0.05, 0) is 50.6 Å². The summed E-state index contributed by atoms with van der Waals surface area (Å²) < 4.78 is 0. The second-order valence-electron chi connectivity index (χ2n) is 4.57. The van der Waals surface area contributed by atoms with Crippen molar-refractivity contribution in [2.24, 2.45) is 5.73 Å². The summed E-state index contributed by atoms with van der Waals surface area (Å²) in [6.07, 6.45) is 0.833. The predicted octanol–water partition coefficient (Wildman–Crippen LogP) is 3.54. The molecule has 1 aromatic carbocycles. The van der Waals surface area contributed by atoms with Crippen molar-refractivity contribution in [2.75, 3.05) is 6.54 Å². The van der Waals surface area contributed by atoms with E-state index in [4.69, 9.17) is 17.3 Å². The standard InChI is InChI=1S/C15H18ClN3S/c1-10-14(6-7-17)11(2)19-15(18-10)9-20-13-5-3-4-12(16)8-13/h3-5,8H,6-7,9,17H2,1-2H3. The van der Waals surface area contributed by atoms with Gasteiger partial charge in [-0.25, -0.2) is 9.97 Å². The first-order valence-electron chi connectivity index (χ1n) is 6.51. The van der Waals surface area contributed by atoms with E-state index in [1.807, 2.05) is 38.1 Å². The summed E-state index contributed by atoms with van der Waals surface area (Å²) in [5.41, 5.74) is 8.85. The van der Waals surface area contributed by atoms with Crippen LogP contribution in [0.5, 0.6) is 0 Å². The number of hydrogen-bond acceptors (Lipinski definition) is 4. The van der Waals surface area contributed by atoms with Gasteiger partial charge in [0.05, 0.1) is 5.75 Å². The fourth-order valence-electron chi connectivity index (χ4n) is 2.08. The Labute approximate surface area is 129 Å². The van der Waals surface area contributed by atoms with E-state index in [1.54, 1.807) is 11.8 Å². The lowest BCUT2D eigenvalue weighted by atomic mass is 10.1. The van der Waals surface area contributed by atoms with E-state index in [0.717, 1.165) is 39.3 Å². The van der Waals surface area contributed by atoms with Gasteiger partial charge >= 0.3 is 0 Å². The van der Waals surface area contributed by atoms with Gasteiger partial charge in [0.25, 0.3) is 0 Å². The molecule has 2 aromatic rings. The van der Waals surface area contributed by atoms with E-state index in [-0.39, 0.29) is 0 Å². The Bertz CT molecular complexity index is 578. The van der Waals surface area contributed by atoms with Crippen LogP contribution >= 0.6 is 23.4 Å². The predicted molar refractivity (Wildman–Crippen MR) is 85.3 cm³/mol. The number of nitrogens with zero attached hydrogens (tertiary/aromatic N) is 2. The molecule has 106 valence electrons. The first-order valence-corrected chi connectivity index (χ1v) is 7.88. The molecular weight excluding hydrogens is 290 g/mol. The van der Waals surface area contributed by atoms with Crippen LogP contribution < -0.4 is 5.73 Å². The average Bonchev–Trinajstić information content (AvgIpc) is 2.41. The van der Waals surface area contributed by atoms with Crippen LogP contribution in [-0.4, -0.2) is 16.5 Å². The lowest BCUT2D eigenvalue weighted by Crippen LogP contribution is -2.10. The highest BCUT2D eigenvalue weighted by molar-refractivity contribution is 7.98. The Morgan fingerprint density at radius 3 is 2.50 bits per heavy atom. The van der Waals surface area contributed by atoms with Crippen molar-refractivity contribution in [3.05, 3.63) is 52.1 Å². The molecule has 2 rings (SSSR count). The molecule has 0 aliphatic carbocycles. The van der Waals surface area contributed by atoms with Crippen LogP contribution in [-0.2, 0) is 12.2 Å². The topological polar surface area (TPSA) is 51.8 Å². The van der Waals surface area contributed by atoms with Crippen molar-refractivity contribution in [2.45, 2.75) is 30.9 Å². The minimum Gasteiger partial charge on any atom is -0.330 e. The van der Waals surface area contributed by atoms with Crippen molar-refractivity contribution < 1.29 is 0 Å². The van der Waals surface area contributed by atoms with E-state index < -0.39 is 0 Å². The van der Waals surface area contributed by atoms with E-state index >= 15 is 0 Å². The van der Waals surface area contributed by atoms with Crippen molar-refractivity contribution in [3.8, 4) is 0 Å². The summed E-state index contributed by atoms with van der Waals surface area (Å²) in [6, 6.07) is 7.82. The third-order valence-corrected chi connectivity index (χ3v) is 4.25. The molecule has 0 bridgehead atoms. The van der Waals surface area contributed by atoms with Crippen molar-refractivity contribution in [1.29, 1.82) is 0 Å². The number of aromatic nitrogens is 2. The Morgan fingerprint density at radius 1 is 1.20 bits per heavy atom. The van der Waals surface area contributed by atoms with Crippen LogP contribution in [0.4, 0.5) is 0 Å². The zero-order valence-corrected chi connectivity index (χ0v) is 13.3. The number of thioether (sulfide) groups is 1. The fraction of sp³-hybridized carbons (Fsp3) is 0.333. The number of aryl methyl sites for hydroxylation is 2. The van der Waals surface area contributed by atoms with Crippen molar-refractivity contribution in [3.63, 3.8) is 0 Å². The summed E-state index contributed by atoms with van der Waals surface area (Å²) >= 11 is 7.67. The maximum atomic E-state index is 5.98. The molecule has 1 heterocycles. The second kappa shape index (κ2) is 7.07. The molecule has 0 amide bonds. The zero-order chi connectivity index (χ0) is 14.5. The van der Waals surface area contributed by atoms with E-state index in [2.05, 4.69) is 9.97 Å². The van der Waals surface area contributed by atoms with Gasteiger partial charge in [0.2, 0.25) is 0 Å². The molecule has 0 saturated carbocycles. The van der Waals surface area contributed by atoms with Crippen molar-refractivity contribution >= 4 is 23.4 Å². The Balaban J connectivity index is 2.10. The SMILES string of the molecule is Cc1nc(CSc2cccc(Cl)c2)nc(C)c1CCN. The molecule has 1 aromatic heterocycles. The highest BCUT2D eigenvalue weighted by Crippen LogP contribution is 2.24. The molecule has 20 heavy (non-hydrogen) atoms. The quantitative estimate of drug-likeness (QED) is 0.858. The van der Waals surface area contributed by atoms with Gasteiger partial charge in [-0.2, -0.15) is 0 Å². The third kappa shape index (κ3) is 3.95. The highest BCUT2D eigenvalue weighted by Gasteiger charge is 2.08. The molecule has 0 unspecified atom stereocenters. The Kier molecular flexibility index (Phi) is 5.40. The van der Waals surface area contributed by atoms with Gasteiger partial charge in [-0.1, -0.05) is 17.7 Å².